The number of ether oxygens (including phenoxy) is 1. The molecule has 0 saturated carbocycles. The minimum atomic E-state index is -0.590. The summed E-state index contributed by atoms with van der Waals surface area (Å²) in [5.41, 5.74) is 8.96. The van der Waals surface area contributed by atoms with Crippen LogP contribution >= 0.6 is 0 Å². The van der Waals surface area contributed by atoms with Gasteiger partial charge in [-0.15, -0.1) is 0 Å². The molecule has 164 valence electrons. The van der Waals surface area contributed by atoms with Crippen LogP contribution in [0.5, 0.6) is 5.75 Å². The fourth-order valence-electron chi connectivity index (χ4n) is 4.02. The van der Waals surface area contributed by atoms with Gasteiger partial charge in [-0.2, -0.15) is 5.26 Å². The van der Waals surface area contributed by atoms with Crippen molar-refractivity contribution in [3.8, 4) is 11.8 Å². The quantitative estimate of drug-likeness (QED) is 0.420. The molecule has 1 aromatic heterocycles. The number of nitriles is 1. The summed E-state index contributed by atoms with van der Waals surface area (Å²) in [6.07, 6.45) is 2.08. The fourth-order valence-corrected chi connectivity index (χ4v) is 4.02. The molecule has 4 rings (SSSR count). The molecule has 0 fully saturated rings. The first-order valence-electron chi connectivity index (χ1n) is 10.4. The van der Waals surface area contributed by atoms with E-state index in [-0.39, 0.29) is 5.92 Å². The lowest BCUT2D eigenvalue weighted by atomic mass is 9.96. The summed E-state index contributed by atoms with van der Waals surface area (Å²) < 4.78 is 33.4. The SMILES string of the molecule is Cc1nc(NCCCOc2cc(N)ccc2C#N)c2c(n1)C(c1ccc(F)cc1F)CC2. The predicted octanol–water partition coefficient (Wildman–Crippen LogP) is 4.48. The number of hydrogen-bond donors (Lipinski definition) is 2. The number of nitrogens with zero attached hydrogens (tertiary/aromatic N) is 3. The number of halogens is 2. The lowest BCUT2D eigenvalue weighted by Crippen LogP contribution is -2.12. The highest BCUT2D eigenvalue weighted by atomic mass is 19.1. The van der Waals surface area contributed by atoms with Gasteiger partial charge in [-0.1, -0.05) is 6.07 Å². The van der Waals surface area contributed by atoms with E-state index in [4.69, 9.17) is 10.5 Å². The number of nitrogens with two attached hydrogens (primary N) is 1. The number of fused-ring (bicyclic) bond motifs is 1. The lowest BCUT2D eigenvalue weighted by molar-refractivity contribution is 0.314. The number of benzene rings is 2. The minimum absolute atomic E-state index is 0.218. The van der Waals surface area contributed by atoms with Crippen molar-refractivity contribution in [2.45, 2.75) is 32.1 Å². The normalized spacial score (nSPS) is 14.6. The highest BCUT2D eigenvalue weighted by molar-refractivity contribution is 5.54. The standard InChI is InChI=1S/C24H23F2N5O/c1-14-30-23-19(18-6-4-16(25)11-21(18)26)7-8-20(23)24(31-14)29-9-2-10-32-22-12-17(28)5-3-15(22)13-27/h3-6,11-12,19H,2,7-10,28H2,1H3,(H,29,30,31). The number of nitrogen functional groups attached to an aromatic ring is 1. The third-order valence-corrected chi connectivity index (χ3v) is 5.50. The molecule has 0 aliphatic heterocycles. The fraction of sp³-hybridized carbons (Fsp3) is 0.292. The van der Waals surface area contributed by atoms with Gasteiger partial charge in [0.15, 0.2) is 0 Å². The molecule has 32 heavy (non-hydrogen) atoms. The third kappa shape index (κ3) is 4.47. The number of aromatic nitrogens is 2. The van der Waals surface area contributed by atoms with Gasteiger partial charge in [-0.25, -0.2) is 18.7 Å². The second-order valence-corrected chi connectivity index (χ2v) is 7.74. The summed E-state index contributed by atoms with van der Waals surface area (Å²) in [5, 5.41) is 12.5. The van der Waals surface area contributed by atoms with Crippen LogP contribution < -0.4 is 15.8 Å². The molecule has 1 unspecified atom stereocenters. The molecule has 3 aromatic rings. The monoisotopic (exact) mass is 435 g/mol. The van der Waals surface area contributed by atoms with Crippen molar-refractivity contribution in [3.63, 3.8) is 0 Å². The Bertz CT molecular complexity index is 1190. The molecule has 1 atom stereocenters. The van der Waals surface area contributed by atoms with E-state index in [1.165, 1.54) is 12.1 Å². The summed E-state index contributed by atoms with van der Waals surface area (Å²) in [6.45, 7) is 2.80. The highest BCUT2D eigenvalue weighted by Gasteiger charge is 2.30. The van der Waals surface area contributed by atoms with E-state index in [1.807, 2.05) is 0 Å². The maximum Gasteiger partial charge on any atom is 0.139 e. The Morgan fingerprint density at radius 1 is 1.22 bits per heavy atom. The largest absolute Gasteiger partial charge is 0.492 e. The van der Waals surface area contributed by atoms with Crippen LogP contribution in [0.1, 0.15) is 47.0 Å². The molecule has 0 spiro atoms. The summed E-state index contributed by atoms with van der Waals surface area (Å²) in [5.74, 6) is 0.436. The van der Waals surface area contributed by atoms with Gasteiger partial charge in [0.1, 0.15) is 35.1 Å². The molecule has 0 bridgehead atoms. The van der Waals surface area contributed by atoms with Crippen LogP contribution in [-0.4, -0.2) is 23.1 Å². The van der Waals surface area contributed by atoms with Crippen LogP contribution in [0, 0.1) is 29.9 Å². The Labute approximate surface area is 185 Å². The number of aryl methyl sites for hydroxylation is 1. The molecule has 1 aliphatic carbocycles. The number of anilines is 2. The van der Waals surface area contributed by atoms with Crippen LogP contribution in [0.3, 0.4) is 0 Å². The van der Waals surface area contributed by atoms with Crippen LogP contribution in [0.2, 0.25) is 0 Å². The second kappa shape index (κ2) is 9.18. The van der Waals surface area contributed by atoms with Crippen molar-refractivity contribution in [1.29, 1.82) is 5.26 Å². The predicted molar refractivity (Wildman–Crippen MR) is 117 cm³/mol. The smallest absolute Gasteiger partial charge is 0.139 e. The van der Waals surface area contributed by atoms with Gasteiger partial charge in [0, 0.05) is 35.8 Å². The minimum Gasteiger partial charge on any atom is -0.492 e. The van der Waals surface area contributed by atoms with Gasteiger partial charge in [0.05, 0.1) is 17.9 Å². The molecule has 3 N–H and O–H groups in total. The Kier molecular flexibility index (Phi) is 6.17. The second-order valence-electron chi connectivity index (χ2n) is 7.74. The first-order valence-corrected chi connectivity index (χ1v) is 10.4. The molecule has 0 radical (unpaired) electrons. The first-order chi connectivity index (χ1) is 15.5. The van der Waals surface area contributed by atoms with E-state index in [9.17, 15) is 14.0 Å². The maximum atomic E-state index is 14.4. The maximum absolute atomic E-state index is 14.4. The average Bonchev–Trinajstić information content (AvgIpc) is 3.17. The summed E-state index contributed by atoms with van der Waals surface area (Å²) in [4.78, 5) is 9.10. The molecular formula is C24H23F2N5O. The molecular weight excluding hydrogens is 412 g/mol. The molecule has 2 aromatic carbocycles. The number of rotatable bonds is 7. The van der Waals surface area contributed by atoms with Crippen LogP contribution in [-0.2, 0) is 6.42 Å². The van der Waals surface area contributed by atoms with E-state index in [0.717, 1.165) is 23.1 Å². The number of nitrogens with one attached hydrogen (secondary N) is 1. The Hall–Kier alpha value is -3.73. The van der Waals surface area contributed by atoms with Gasteiger partial charge in [-0.05, 0) is 49.9 Å². The highest BCUT2D eigenvalue weighted by Crippen LogP contribution is 2.40. The Morgan fingerprint density at radius 3 is 2.84 bits per heavy atom. The van der Waals surface area contributed by atoms with Crippen molar-refractivity contribution >= 4 is 11.5 Å². The van der Waals surface area contributed by atoms with Gasteiger partial charge < -0.3 is 15.8 Å². The van der Waals surface area contributed by atoms with Gasteiger partial charge >= 0.3 is 0 Å². The number of hydrogen-bond acceptors (Lipinski definition) is 6. The van der Waals surface area contributed by atoms with Gasteiger partial charge in [0.25, 0.3) is 0 Å². The zero-order valence-corrected chi connectivity index (χ0v) is 17.7. The zero-order valence-electron chi connectivity index (χ0n) is 17.7. The van der Waals surface area contributed by atoms with Crippen molar-refractivity contribution in [2.24, 2.45) is 0 Å². The Morgan fingerprint density at radius 2 is 2.06 bits per heavy atom. The lowest BCUT2D eigenvalue weighted by Gasteiger charge is -2.15. The van der Waals surface area contributed by atoms with E-state index < -0.39 is 11.6 Å². The zero-order chi connectivity index (χ0) is 22.7. The van der Waals surface area contributed by atoms with E-state index in [1.54, 1.807) is 25.1 Å². The topological polar surface area (TPSA) is 96.9 Å². The van der Waals surface area contributed by atoms with E-state index in [0.29, 0.717) is 60.8 Å². The Balaban J connectivity index is 1.42. The van der Waals surface area contributed by atoms with Crippen LogP contribution in [0.15, 0.2) is 36.4 Å². The molecule has 8 heteroatoms. The molecule has 1 aliphatic rings. The summed E-state index contributed by atoms with van der Waals surface area (Å²) in [7, 11) is 0. The molecule has 0 amide bonds. The van der Waals surface area contributed by atoms with Crippen LogP contribution in [0.4, 0.5) is 20.3 Å². The molecule has 1 heterocycles. The molecule has 0 saturated heterocycles. The van der Waals surface area contributed by atoms with Crippen molar-refractivity contribution in [1.82, 2.24) is 9.97 Å². The van der Waals surface area contributed by atoms with Crippen molar-refractivity contribution in [2.75, 3.05) is 24.2 Å². The molecule has 6 nitrogen and oxygen atoms in total. The van der Waals surface area contributed by atoms with Gasteiger partial charge in [-0.3, -0.25) is 0 Å². The van der Waals surface area contributed by atoms with E-state index in [2.05, 4.69) is 21.4 Å². The van der Waals surface area contributed by atoms with Crippen molar-refractivity contribution < 1.29 is 13.5 Å². The summed E-state index contributed by atoms with van der Waals surface area (Å²) in [6, 6.07) is 10.7. The van der Waals surface area contributed by atoms with E-state index >= 15 is 0 Å². The first kappa shape index (κ1) is 21.5. The van der Waals surface area contributed by atoms with Crippen LogP contribution in [0.25, 0.3) is 0 Å². The average molecular weight is 435 g/mol. The summed E-state index contributed by atoms with van der Waals surface area (Å²) >= 11 is 0. The third-order valence-electron chi connectivity index (χ3n) is 5.50. The van der Waals surface area contributed by atoms with Gasteiger partial charge in [0.2, 0.25) is 0 Å². The van der Waals surface area contributed by atoms with Crippen molar-refractivity contribution in [3.05, 3.63) is 76.2 Å².